The SMILES string of the molecule is C=CC(=O)N1CCC(C(=O)N2CCC(C3NC(=O)C3(C)C)CC2)CC1. The molecule has 3 heterocycles. The average Bonchev–Trinajstić information content (AvgIpc) is 2.65. The van der Waals surface area contributed by atoms with Gasteiger partial charge >= 0.3 is 0 Å². The summed E-state index contributed by atoms with van der Waals surface area (Å²) in [6.45, 7) is 10.4. The van der Waals surface area contributed by atoms with Gasteiger partial charge in [0.1, 0.15) is 0 Å². The lowest BCUT2D eigenvalue weighted by atomic mass is 9.68. The number of hydrogen-bond acceptors (Lipinski definition) is 3. The maximum Gasteiger partial charge on any atom is 0.245 e. The van der Waals surface area contributed by atoms with Gasteiger partial charge in [-0.3, -0.25) is 14.4 Å². The van der Waals surface area contributed by atoms with Gasteiger partial charge in [-0.2, -0.15) is 0 Å². The van der Waals surface area contributed by atoms with Crippen LogP contribution in [0.15, 0.2) is 12.7 Å². The van der Waals surface area contributed by atoms with Gasteiger partial charge in [0.25, 0.3) is 0 Å². The van der Waals surface area contributed by atoms with Crippen molar-refractivity contribution in [2.45, 2.75) is 45.6 Å². The molecule has 0 aromatic heterocycles. The highest BCUT2D eigenvalue weighted by Gasteiger charge is 2.51. The molecule has 0 bridgehead atoms. The summed E-state index contributed by atoms with van der Waals surface area (Å²) in [4.78, 5) is 39.8. The fourth-order valence-electron chi connectivity index (χ4n) is 4.47. The predicted molar refractivity (Wildman–Crippen MR) is 94.5 cm³/mol. The Morgan fingerprint density at radius 3 is 2.12 bits per heavy atom. The lowest BCUT2D eigenvalue weighted by Gasteiger charge is -2.50. The smallest absolute Gasteiger partial charge is 0.245 e. The Bertz CT molecular complexity index is 570. The number of amides is 3. The van der Waals surface area contributed by atoms with Gasteiger partial charge in [0.15, 0.2) is 0 Å². The molecule has 138 valence electrons. The molecule has 1 unspecified atom stereocenters. The largest absolute Gasteiger partial charge is 0.351 e. The Morgan fingerprint density at radius 2 is 1.64 bits per heavy atom. The number of nitrogens with zero attached hydrogens (tertiary/aromatic N) is 2. The van der Waals surface area contributed by atoms with Crippen LogP contribution in [-0.2, 0) is 14.4 Å². The zero-order chi connectivity index (χ0) is 18.2. The van der Waals surface area contributed by atoms with Crippen LogP contribution >= 0.6 is 0 Å². The summed E-state index contributed by atoms with van der Waals surface area (Å²) >= 11 is 0. The molecular formula is C19H29N3O3. The van der Waals surface area contributed by atoms with Gasteiger partial charge in [0.05, 0.1) is 5.41 Å². The van der Waals surface area contributed by atoms with Gasteiger partial charge in [-0.25, -0.2) is 0 Å². The number of nitrogens with one attached hydrogen (secondary N) is 1. The van der Waals surface area contributed by atoms with Gasteiger partial charge in [0, 0.05) is 38.1 Å². The van der Waals surface area contributed by atoms with Gasteiger partial charge < -0.3 is 15.1 Å². The van der Waals surface area contributed by atoms with E-state index in [4.69, 9.17) is 0 Å². The fraction of sp³-hybridized carbons (Fsp3) is 0.737. The number of hydrogen-bond donors (Lipinski definition) is 1. The van der Waals surface area contributed by atoms with Crippen molar-refractivity contribution in [1.82, 2.24) is 15.1 Å². The minimum Gasteiger partial charge on any atom is -0.351 e. The summed E-state index contributed by atoms with van der Waals surface area (Å²) in [6.07, 6.45) is 4.73. The van der Waals surface area contributed by atoms with Crippen LogP contribution in [0.5, 0.6) is 0 Å². The molecule has 3 aliphatic rings. The second-order valence-electron chi connectivity index (χ2n) is 8.14. The quantitative estimate of drug-likeness (QED) is 0.615. The van der Waals surface area contributed by atoms with Crippen molar-refractivity contribution in [3.05, 3.63) is 12.7 Å². The molecule has 3 aliphatic heterocycles. The van der Waals surface area contributed by atoms with Crippen LogP contribution < -0.4 is 5.32 Å². The average molecular weight is 347 g/mol. The van der Waals surface area contributed by atoms with E-state index >= 15 is 0 Å². The molecule has 3 fully saturated rings. The Balaban J connectivity index is 1.47. The fourth-order valence-corrected chi connectivity index (χ4v) is 4.47. The maximum atomic E-state index is 12.8. The van der Waals surface area contributed by atoms with E-state index in [9.17, 15) is 14.4 Å². The van der Waals surface area contributed by atoms with Crippen molar-refractivity contribution in [1.29, 1.82) is 0 Å². The van der Waals surface area contributed by atoms with Crippen LogP contribution in [0.1, 0.15) is 39.5 Å². The Morgan fingerprint density at radius 1 is 1.08 bits per heavy atom. The Kier molecular flexibility index (Phi) is 4.89. The first-order valence-corrected chi connectivity index (χ1v) is 9.35. The van der Waals surface area contributed by atoms with Gasteiger partial charge in [-0.15, -0.1) is 0 Å². The third kappa shape index (κ3) is 3.31. The van der Waals surface area contributed by atoms with Gasteiger partial charge in [-0.05, 0) is 51.5 Å². The first kappa shape index (κ1) is 18.0. The van der Waals surface area contributed by atoms with Crippen molar-refractivity contribution >= 4 is 17.7 Å². The van der Waals surface area contributed by atoms with Crippen LogP contribution in [0, 0.1) is 17.3 Å². The second kappa shape index (κ2) is 6.81. The molecule has 6 nitrogen and oxygen atoms in total. The summed E-state index contributed by atoms with van der Waals surface area (Å²) in [6, 6.07) is 0.241. The molecule has 6 heteroatoms. The van der Waals surface area contributed by atoms with Crippen LogP contribution in [0.3, 0.4) is 0 Å². The molecule has 0 saturated carbocycles. The van der Waals surface area contributed by atoms with Crippen LogP contribution in [0.25, 0.3) is 0 Å². The monoisotopic (exact) mass is 347 g/mol. The lowest BCUT2D eigenvalue weighted by molar-refractivity contribution is -0.148. The third-order valence-corrected chi connectivity index (χ3v) is 6.30. The van der Waals surface area contributed by atoms with Crippen molar-refractivity contribution in [2.24, 2.45) is 17.3 Å². The number of β-lactam (4-membered cyclic amide) rings is 1. The van der Waals surface area contributed by atoms with Crippen LogP contribution in [0.4, 0.5) is 0 Å². The standard InChI is InChI=1S/C19H29N3O3/c1-4-15(23)21-9-7-14(8-10-21)17(24)22-11-5-13(6-12-22)16-19(2,3)18(25)20-16/h4,13-14,16H,1,5-12H2,2-3H3,(H,20,25). The predicted octanol–water partition coefficient (Wildman–Crippen LogP) is 1.17. The molecule has 0 radical (unpaired) electrons. The minimum atomic E-state index is -0.276. The number of piperidine rings is 2. The number of likely N-dealkylation sites (tertiary alicyclic amines) is 2. The zero-order valence-corrected chi connectivity index (χ0v) is 15.3. The van der Waals surface area contributed by atoms with Crippen LogP contribution in [-0.4, -0.2) is 59.7 Å². The first-order valence-electron chi connectivity index (χ1n) is 9.35. The lowest BCUT2D eigenvalue weighted by Crippen LogP contribution is -2.68. The number of carbonyl (C=O) groups excluding carboxylic acids is 3. The Labute approximate surface area is 149 Å². The van der Waals surface area contributed by atoms with Crippen LogP contribution in [0.2, 0.25) is 0 Å². The molecule has 3 amide bonds. The summed E-state index contributed by atoms with van der Waals surface area (Å²) in [5.74, 6) is 0.823. The van der Waals surface area contributed by atoms with E-state index in [0.717, 1.165) is 38.8 Å². The normalized spacial score (nSPS) is 27.4. The summed E-state index contributed by atoms with van der Waals surface area (Å²) in [5, 5.41) is 3.04. The first-order chi connectivity index (χ1) is 11.8. The van der Waals surface area contributed by atoms with Crippen molar-refractivity contribution in [2.75, 3.05) is 26.2 Å². The molecule has 3 rings (SSSR count). The molecule has 1 N–H and O–H groups in total. The summed E-state index contributed by atoms with van der Waals surface area (Å²) < 4.78 is 0. The van der Waals surface area contributed by atoms with Crippen molar-refractivity contribution in [3.63, 3.8) is 0 Å². The number of rotatable bonds is 3. The van der Waals surface area contributed by atoms with E-state index in [2.05, 4.69) is 11.9 Å². The minimum absolute atomic E-state index is 0.0326. The van der Waals surface area contributed by atoms with E-state index in [0.29, 0.717) is 19.0 Å². The summed E-state index contributed by atoms with van der Waals surface area (Å²) in [5.41, 5.74) is -0.276. The zero-order valence-electron chi connectivity index (χ0n) is 15.3. The van der Waals surface area contributed by atoms with Crippen molar-refractivity contribution in [3.8, 4) is 0 Å². The topological polar surface area (TPSA) is 69.7 Å². The molecular weight excluding hydrogens is 318 g/mol. The molecule has 0 spiro atoms. The molecule has 0 aromatic rings. The Hall–Kier alpha value is -1.85. The molecule has 1 atom stereocenters. The molecule has 0 aliphatic carbocycles. The third-order valence-electron chi connectivity index (χ3n) is 6.30. The van der Waals surface area contributed by atoms with Gasteiger partial charge in [0.2, 0.25) is 17.7 Å². The molecule has 3 saturated heterocycles. The highest BCUT2D eigenvalue weighted by Crippen LogP contribution is 2.38. The maximum absolute atomic E-state index is 12.8. The van der Waals surface area contributed by atoms with E-state index in [1.54, 1.807) is 4.90 Å². The van der Waals surface area contributed by atoms with Crippen molar-refractivity contribution < 1.29 is 14.4 Å². The van der Waals surface area contributed by atoms with Gasteiger partial charge in [-0.1, -0.05) is 6.58 Å². The van der Waals surface area contributed by atoms with E-state index in [-0.39, 0.29) is 35.1 Å². The van der Waals surface area contributed by atoms with E-state index in [1.165, 1.54) is 6.08 Å². The van der Waals surface area contributed by atoms with E-state index < -0.39 is 0 Å². The molecule has 25 heavy (non-hydrogen) atoms. The second-order valence-corrected chi connectivity index (χ2v) is 8.14. The summed E-state index contributed by atoms with van der Waals surface area (Å²) in [7, 11) is 0. The number of carbonyl (C=O) groups is 3. The highest BCUT2D eigenvalue weighted by atomic mass is 16.2. The molecule has 0 aromatic carbocycles. The van der Waals surface area contributed by atoms with E-state index in [1.807, 2.05) is 18.7 Å². The highest BCUT2D eigenvalue weighted by molar-refractivity contribution is 5.89.